The van der Waals surface area contributed by atoms with E-state index in [2.05, 4.69) is 5.32 Å². The predicted octanol–water partition coefficient (Wildman–Crippen LogP) is 0.626. The van der Waals surface area contributed by atoms with Gasteiger partial charge in [0.05, 0.1) is 11.8 Å². The summed E-state index contributed by atoms with van der Waals surface area (Å²) in [5.41, 5.74) is 0. The highest BCUT2D eigenvalue weighted by molar-refractivity contribution is 8.00. The minimum atomic E-state index is -3.21. The summed E-state index contributed by atoms with van der Waals surface area (Å²) < 4.78 is 25.1. The second kappa shape index (κ2) is 4.93. The van der Waals surface area contributed by atoms with Crippen LogP contribution < -0.4 is 5.32 Å². The molecular weight excluding hydrogens is 212 g/mol. The molecule has 1 saturated heterocycles. The highest BCUT2D eigenvalue weighted by Crippen LogP contribution is 2.26. The lowest BCUT2D eigenvalue weighted by Gasteiger charge is -2.15. The summed E-state index contributed by atoms with van der Waals surface area (Å²) in [5, 5.41) is 10.2. The Morgan fingerprint density at radius 1 is 1.64 bits per heavy atom. The van der Waals surface area contributed by atoms with Gasteiger partial charge >= 0.3 is 0 Å². The molecule has 1 rings (SSSR count). The molecular formula is C8H13F2NO2S. The molecule has 0 saturated carbocycles. The van der Waals surface area contributed by atoms with Crippen molar-refractivity contribution in [3.05, 3.63) is 0 Å². The molecule has 1 atom stereocenters. The molecule has 0 spiro atoms. The Balaban J connectivity index is 2.27. The van der Waals surface area contributed by atoms with Crippen LogP contribution in [0.1, 0.15) is 12.8 Å². The molecule has 0 aliphatic carbocycles. The Bertz CT molecular complexity index is 208. The summed E-state index contributed by atoms with van der Waals surface area (Å²) in [5.74, 6) is -2.64. The van der Waals surface area contributed by atoms with Crippen LogP contribution in [0.25, 0.3) is 0 Å². The summed E-state index contributed by atoms with van der Waals surface area (Å²) in [4.78, 5) is 11.3. The van der Waals surface area contributed by atoms with Crippen molar-refractivity contribution in [1.29, 1.82) is 0 Å². The first kappa shape index (κ1) is 11.7. The number of hydrogen-bond donors (Lipinski definition) is 2. The number of rotatable bonds is 4. The van der Waals surface area contributed by atoms with E-state index in [0.29, 0.717) is 0 Å². The topological polar surface area (TPSA) is 49.3 Å². The van der Waals surface area contributed by atoms with Crippen LogP contribution in [0.2, 0.25) is 0 Å². The number of aliphatic hydroxyl groups is 1. The van der Waals surface area contributed by atoms with Gasteiger partial charge in [-0.1, -0.05) is 0 Å². The summed E-state index contributed by atoms with van der Waals surface area (Å²) in [7, 11) is 0. The Hall–Kier alpha value is -0.360. The zero-order chi connectivity index (χ0) is 10.6. The molecule has 1 amide bonds. The Morgan fingerprint density at radius 3 is 2.86 bits per heavy atom. The molecule has 0 aromatic rings. The van der Waals surface area contributed by atoms with E-state index in [1.165, 1.54) is 11.8 Å². The normalized spacial score (nSPS) is 22.4. The molecule has 0 bridgehead atoms. The maximum absolute atomic E-state index is 12.5. The molecule has 1 heterocycles. The van der Waals surface area contributed by atoms with Crippen LogP contribution in [0.5, 0.6) is 0 Å². The first-order valence-corrected chi connectivity index (χ1v) is 5.48. The Morgan fingerprint density at radius 2 is 2.36 bits per heavy atom. The summed E-state index contributed by atoms with van der Waals surface area (Å²) in [6.45, 7) is -2.01. The number of nitrogens with one attached hydrogen (secondary N) is 1. The van der Waals surface area contributed by atoms with Crippen LogP contribution in [0.4, 0.5) is 8.78 Å². The minimum absolute atomic E-state index is 0.190. The molecule has 3 nitrogen and oxygen atoms in total. The molecule has 0 aromatic carbocycles. The van der Waals surface area contributed by atoms with Crippen molar-refractivity contribution in [2.45, 2.75) is 24.0 Å². The quantitative estimate of drug-likeness (QED) is 0.737. The summed E-state index contributed by atoms with van der Waals surface area (Å²) in [6.07, 6.45) is 1.71. The van der Waals surface area contributed by atoms with Crippen molar-refractivity contribution in [2.24, 2.45) is 0 Å². The Labute approximate surface area is 85.2 Å². The molecule has 1 fully saturated rings. The van der Waals surface area contributed by atoms with Crippen molar-refractivity contribution >= 4 is 17.7 Å². The summed E-state index contributed by atoms with van der Waals surface area (Å²) in [6, 6.07) is 0. The number of carbonyl (C=O) groups is 1. The third-order valence-electron chi connectivity index (χ3n) is 1.97. The van der Waals surface area contributed by atoms with Crippen molar-refractivity contribution < 1.29 is 18.7 Å². The van der Waals surface area contributed by atoms with Gasteiger partial charge in [0.25, 0.3) is 5.92 Å². The van der Waals surface area contributed by atoms with Gasteiger partial charge in [0.2, 0.25) is 5.91 Å². The van der Waals surface area contributed by atoms with Crippen molar-refractivity contribution in [3.63, 3.8) is 0 Å². The third kappa shape index (κ3) is 3.42. The largest absolute Gasteiger partial charge is 0.390 e. The molecule has 1 aliphatic heterocycles. The average molecular weight is 225 g/mol. The van der Waals surface area contributed by atoms with E-state index in [0.717, 1.165) is 18.6 Å². The van der Waals surface area contributed by atoms with Crippen molar-refractivity contribution in [1.82, 2.24) is 5.32 Å². The first-order valence-electron chi connectivity index (χ1n) is 4.43. The zero-order valence-corrected chi connectivity index (χ0v) is 8.45. The van der Waals surface area contributed by atoms with Gasteiger partial charge in [-0.05, 0) is 18.6 Å². The number of carbonyl (C=O) groups excluding carboxylic acids is 1. The number of amides is 1. The molecule has 2 N–H and O–H groups in total. The van der Waals surface area contributed by atoms with E-state index < -0.39 is 19.1 Å². The maximum Gasteiger partial charge on any atom is 0.287 e. The molecule has 14 heavy (non-hydrogen) atoms. The van der Waals surface area contributed by atoms with E-state index in [-0.39, 0.29) is 11.2 Å². The molecule has 1 unspecified atom stereocenters. The predicted molar refractivity (Wildman–Crippen MR) is 50.5 cm³/mol. The van der Waals surface area contributed by atoms with E-state index in [1.54, 1.807) is 0 Å². The molecule has 6 heteroatoms. The van der Waals surface area contributed by atoms with Gasteiger partial charge in [0.15, 0.2) is 0 Å². The zero-order valence-electron chi connectivity index (χ0n) is 7.63. The fourth-order valence-corrected chi connectivity index (χ4v) is 2.36. The number of hydrogen-bond acceptors (Lipinski definition) is 3. The second-order valence-electron chi connectivity index (χ2n) is 3.23. The van der Waals surface area contributed by atoms with Gasteiger partial charge in [-0.15, -0.1) is 11.8 Å². The van der Waals surface area contributed by atoms with Gasteiger partial charge in [0.1, 0.15) is 6.61 Å². The molecule has 0 aromatic heterocycles. The standard InChI is InChI=1S/C8H13F2NO2S/c9-8(10,5-12)4-11-7(13)6-2-1-3-14-6/h6,12H,1-5H2,(H,11,13). The maximum atomic E-state index is 12.5. The smallest absolute Gasteiger partial charge is 0.287 e. The van der Waals surface area contributed by atoms with Gasteiger partial charge in [-0.2, -0.15) is 0 Å². The first-order chi connectivity index (χ1) is 6.55. The van der Waals surface area contributed by atoms with E-state index in [9.17, 15) is 13.6 Å². The van der Waals surface area contributed by atoms with Gasteiger partial charge in [-0.3, -0.25) is 4.79 Å². The average Bonchev–Trinajstić information content (AvgIpc) is 2.67. The molecule has 0 radical (unpaired) electrons. The molecule has 82 valence electrons. The van der Waals surface area contributed by atoms with E-state index in [4.69, 9.17) is 5.11 Å². The minimum Gasteiger partial charge on any atom is -0.390 e. The molecule has 1 aliphatic rings. The lowest BCUT2D eigenvalue weighted by molar-refractivity contribution is -0.123. The fraction of sp³-hybridized carbons (Fsp3) is 0.875. The van der Waals surface area contributed by atoms with Crippen molar-refractivity contribution in [2.75, 3.05) is 18.9 Å². The van der Waals surface area contributed by atoms with E-state index in [1.807, 2.05) is 0 Å². The Kier molecular flexibility index (Phi) is 4.12. The highest BCUT2D eigenvalue weighted by atomic mass is 32.2. The van der Waals surface area contributed by atoms with Crippen LogP contribution in [0.15, 0.2) is 0 Å². The van der Waals surface area contributed by atoms with Gasteiger partial charge in [0, 0.05) is 0 Å². The number of halogens is 2. The van der Waals surface area contributed by atoms with Gasteiger partial charge < -0.3 is 10.4 Å². The van der Waals surface area contributed by atoms with Gasteiger partial charge in [-0.25, -0.2) is 8.78 Å². The third-order valence-corrected chi connectivity index (χ3v) is 3.35. The van der Waals surface area contributed by atoms with Crippen LogP contribution in [0.3, 0.4) is 0 Å². The number of aliphatic hydroxyl groups excluding tert-OH is 1. The van der Waals surface area contributed by atoms with Crippen LogP contribution in [-0.2, 0) is 4.79 Å². The van der Waals surface area contributed by atoms with E-state index >= 15 is 0 Å². The lowest BCUT2D eigenvalue weighted by atomic mass is 10.2. The SMILES string of the molecule is O=C(NCC(F)(F)CO)C1CCCS1. The number of thioether (sulfide) groups is 1. The van der Waals surface area contributed by atoms with Crippen LogP contribution >= 0.6 is 11.8 Å². The number of alkyl halides is 2. The van der Waals surface area contributed by atoms with Crippen LogP contribution in [0, 0.1) is 0 Å². The lowest BCUT2D eigenvalue weighted by Crippen LogP contribution is -2.41. The second-order valence-corrected chi connectivity index (χ2v) is 4.54. The monoisotopic (exact) mass is 225 g/mol. The summed E-state index contributed by atoms with van der Waals surface area (Å²) >= 11 is 1.49. The fourth-order valence-electron chi connectivity index (χ4n) is 1.17. The van der Waals surface area contributed by atoms with Crippen molar-refractivity contribution in [3.8, 4) is 0 Å². The highest BCUT2D eigenvalue weighted by Gasteiger charge is 2.30. The van der Waals surface area contributed by atoms with Crippen LogP contribution in [-0.4, -0.2) is 41.1 Å².